The Balaban J connectivity index is 1.09. The lowest BCUT2D eigenvalue weighted by molar-refractivity contribution is -0.323. The van der Waals surface area contributed by atoms with Crippen molar-refractivity contribution < 1.29 is 43.0 Å². The van der Waals surface area contributed by atoms with Gasteiger partial charge in [-0.2, -0.15) is 0 Å². The zero-order chi connectivity index (χ0) is 38.2. The molecule has 1 fully saturated rings. The molecular formula is C47H50O9. The molecule has 5 aromatic rings. The molecule has 8 atom stereocenters. The lowest BCUT2D eigenvalue weighted by Gasteiger charge is -2.44. The SMILES string of the molecule is O[C@@H]1[C@H](OC[C@H]2OC=C[C@@H](OCc3ccccc3)[C@@H]2OCc2ccccc2)O[C@H](COCc2ccccc2)[C@@H](OCc2ccccc2)[C@@H]1OCc1ccccc1. The molecule has 0 spiro atoms. The highest BCUT2D eigenvalue weighted by molar-refractivity contribution is 5.17. The van der Waals surface area contributed by atoms with Crippen molar-refractivity contribution in [3.63, 3.8) is 0 Å². The van der Waals surface area contributed by atoms with Crippen molar-refractivity contribution in [3.8, 4) is 0 Å². The van der Waals surface area contributed by atoms with Gasteiger partial charge in [0, 0.05) is 0 Å². The fourth-order valence-corrected chi connectivity index (χ4v) is 6.79. The molecule has 0 unspecified atom stereocenters. The van der Waals surface area contributed by atoms with E-state index in [4.69, 9.17) is 37.9 Å². The van der Waals surface area contributed by atoms with Crippen LogP contribution < -0.4 is 0 Å². The largest absolute Gasteiger partial charge is 0.493 e. The van der Waals surface area contributed by atoms with Crippen molar-refractivity contribution in [1.82, 2.24) is 0 Å². The molecule has 0 amide bonds. The fraction of sp³-hybridized carbons (Fsp3) is 0.319. The number of hydrogen-bond donors (Lipinski definition) is 1. The average molecular weight is 759 g/mol. The van der Waals surface area contributed by atoms with E-state index in [9.17, 15) is 5.11 Å². The summed E-state index contributed by atoms with van der Waals surface area (Å²) in [5.41, 5.74) is 5.05. The van der Waals surface area contributed by atoms with Crippen molar-refractivity contribution in [2.75, 3.05) is 13.2 Å². The summed E-state index contributed by atoms with van der Waals surface area (Å²) in [6.07, 6.45) is -2.48. The third-order valence-corrected chi connectivity index (χ3v) is 9.79. The number of aliphatic hydroxyl groups is 1. The Bertz CT molecular complexity index is 1850. The molecule has 0 bridgehead atoms. The lowest BCUT2D eigenvalue weighted by atomic mass is 9.98. The second kappa shape index (κ2) is 21.0. The minimum atomic E-state index is -1.21. The van der Waals surface area contributed by atoms with Crippen molar-refractivity contribution >= 4 is 0 Å². The molecule has 0 aromatic heterocycles. The molecule has 9 nitrogen and oxygen atoms in total. The lowest BCUT2D eigenvalue weighted by Crippen LogP contribution is -2.61. The number of benzene rings is 5. The smallest absolute Gasteiger partial charge is 0.186 e. The summed E-state index contributed by atoms with van der Waals surface area (Å²) in [5, 5.41) is 12.0. The highest BCUT2D eigenvalue weighted by Gasteiger charge is 2.48. The van der Waals surface area contributed by atoms with Crippen LogP contribution in [0.5, 0.6) is 0 Å². The van der Waals surface area contributed by atoms with E-state index in [1.54, 1.807) is 6.26 Å². The first kappa shape index (κ1) is 39.6. The molecule has 2 aliphatic heterocycles. The monoisotopic (exact) mass is 758 g/mol. The maximum absolute atomic E-state index is 12.0. The highest BCUT2D eigenvalue weighted by atomic mass is 16.7. The quantitative estimate of drug-likeness (QED) is 0.0916. The Morgan fingerprint density at radius 1 is 0.429 bits per heavy atom. The van der Waals surface area contributed by atoms with Gasteiger partial charge in [0.15, 0.2) is 12.4 Å². The Morgan fingerprint density at radius 2 is 0.857 bits per heavy atom. The molecule has 9 heteroatoms. The van der Waals surface area contributed by atoms with Gasteiger partial charge < -0.3 is 43.0 Å². The van der Waals surface area contributed by atoms with Crippen molar-refractivity contribution in [1.29, 1.82) is 0 Å². The second-order valence-corrected chi connectivity index (χ2v) is 13.9. The van der Waals surface area contributed by atoms with E-state index in [1.165, 1.54) is 0 Å². The molecule has 0 saturated carbocycles. The van der Waals surface area contributed by atoms with Crippen LogP contribution in [0.4, 0.5) is 0 Å². The third-order valence-electron chi connectivity index (χ3n) is 9.79. The van der Waals surface area contributed by atoms with Crippen LogP contribution in [-0.4, -0.2) is 67.3 Å². The molecule has 1 N–H and O–H groups in total. The van der Waals surface area contributed by atoms with Crippen molar-refractivity contribution in [3.05, 3.63) is 192 Å². The van der Waals surface area contributed by atoms with Gasteiger partial charge in [-0.3, -0.25) is 0 Å². The van der Waals surface area contributed by atoms with E-state index < -0.39 is 49.0 Å². The van der Waals surface area contributed by atoms with Gasteiger partial charge in [0.1, 0.15) is 36.6 Å². The standard InChI is InChI=1S/C47H50O9/c48-43-46(54-32-39-24-14-5-15-25-39)45(53-31-38-22-12-4-13-23-38)42(33-49-28-35-16-6-1-7-17-35)56-47(43)55-34-41-44(52-30-37-20-10-3-11-21-37)40(26-27-50-41)51-29-36-18-8-2-9-19-36/h1-27,40-48H,28-34H2/t40-,41-,42-,43+,44+,45-,46-,47-/m1/s1. The maximum Gasteiger partial charge on any atom is 0.186 e. The minimum Gasteiger partial charge on any atom is -0.493 e. The zero-order valence-electron chi connectivity index (χ0n) is 31.4. The molecule has 0 radical (unpaired) electrons. The topological polar surface area (TPSA) is 94.1 Å². The van der Waals surface area contributed by atoms with Crippen LogP contribution in [0.15, 0.2) is 164 Å². The first-order valence-corrected chi connectivity index (χ1v) is 19.2. The van der Waals surface area contributed by atoms with Gasteiger partial charge in [-0.05, 0) is 33.9 Å². The van der Waals surface area contributed by atoms with Crippen LogP contribution in [0.3, 0.4) is 0 Å². The molecule has 2 aliphatic rings. The van der Waals surface area contributed by atoms with Gasteiger partial charge in [0.25, 0.3) is 0 Å². The van der Waals surface area contributed by atoms with E-state index in [-0.39, 0.29) is 19.8 Å². The third kappa shape index (κ3) is 11.4. The molecule has 1 saturated heterocycles. The van der Waals surface area contributed by atoms with Crippen LogP contribution in [0.2, 0.25) is 0 Å². The van der Waals surface area contributed by atoms with Crippen LogP contribution >= 0.6 is 0 Å². The average Bonchev–Trinajstić information content (AvgIpc) is 3.26. The molecule has 292 valence electrons. The molecule has 56 heavy (non-hydrogen) atoms. The van der Waals surface area contributed by atoms with Crippen LogP contribution in [0, 0.1) is 0 Å². The number of hydrogen-bond acceptors (Lipinski definition) is 9. The number of aliphatic hydroxyl groups excluding tert-OH is 1. The summed E-state index contributed by atoms with van der Waals surface area (Å²) in [6.45, 7) is 1.88. The molecule has 5 aromatic carbocycles. The summed E-state index contributed by atoms with van der Waals surface area (Å²) in [4.78, 5) is 0. The minimum absolute atomic E-state index is 0.0370. The Morgan fingerprint density at radius 3 is 1.36 bits per heavy atom. The van der Waals surface area contributed by atoms with Gasteiger partial charge in [-0.25, -0.2) is 0 Å². The van der Waals surface area contributed by atoms with E-state index in [2.05, 4.69) is 0 Å². The van der Waals surface area contributed by atoms with Gasteiger partial charge in [-0.1, -0.05) is 152 Å². The fourth-order valence-electron chi connectivity index (χ4n) is 6.79. The van der Waals surface area contributed by atoms with Crippen LogP contribution in [-0.2, 0) is 70.9 Å². The Hall–Kier alpha value is -4.68. The summed E-state index contributed by atoms with van der Waals surface area (Å²) in [5.74, 6) is 0. The predicted octanol–water partition coefficient (Wildman–Crippen LogP) is 7.56. The summed E-state index contributed by atoms with van der Waals surface area (Å²) < 4.78 is 51.4. The van der Waals surface area contributed by atoms with Crippen LogP contribution in [0.25, 0.3) is 0 Å². The number of rotatable bonds is 19. The summed E-state index contributed by atoms with van der Waals surface area (Å²) in [6, 6.07) is 49.7. The molecular weight excluding hydrogens is 709 g/mol. The van der Waals surface area contributed by atoms with E-state index in [1.807, 2.05) is 158 Å². The number of ether oxygens (including phenoxy) is 8. The first-order chi connectivity index (χ1) is 27.7. The second-order valence-electron chi connectivity index (χ2n) is 13.9. The van der Waals surface area contributed by atoms with Crippen molar-refractivity contribution in [2.45, 2.75) is 82.1 Å². The maximum atomic E-state index is 12.0. The highest BCUT2D eigenvalue weighted by Crippen LogP contribution is 2.30. The zero-order valence-corrected chi connectivity index (χ0v) is 31.4. The normalized spacial score (nSPS) is 24.7. The molecule has 0 aliphatic carbocycles. The van der Waals surface area contributed by atoms with Crippen LogP contribution in [0.1, 0.15) is 27.8 Å². The first-order valence-electron chi connectivity index (χ1n) is 19.2. The predicted molar refractivity (Wildman–Crippen MR) is 211 cm³/mol. The van der Waals surface area contributed by atoms with Gasteiger partial charge in [0.2, 0.25) is 0 Å². The summed E-state index contributed by atoms with van der Waals surface area (Å²) in [7, 11) is 0. The Labute approximate surface area is 329 Å². The Kier molecular flexibility index (Phi) is 14.8. The van der Waals surface area contributed by atoms with Gasteiger partial charge in [0.05, 0.1) is 52.5 Å². The summed E-state index contributed by atoms with van der Waals surface area (Å²) >= 11 is 0. The van der Waals surface area contributed by atoms with Gasteiger partial charge in [-0.15, -0.1) is 0 Å². The van der Waals surface area contributed by atoms with Gasteiger partial charge >= 0.3 is 0 Å². The van der Waals surface area contributed by atoms with E-state index >= 15 is 0 Å². The molecule has 7 rings (SSSR count). The van der Waals surface area contributed by atoms with E-state index in [0.29, 0.717) is 26.4 Å². The van der Waals surface area contributed by atoms with E-state index in [0.717, 1.165) is 27.8 Å². The molecule has 2 heterocycles. The van der Waals surface area contributed by atoms with Crippen molar-refractivity contribution in [2.24, 2.45) is 0 Å².